The van der Waals surface area contributed by atoms with E-state index < -0.39 is 0 Å². The van der Waals surface area contributed by atoms with E-state index in [1.165, 1.54) is 0 Å². The topological polar surface area (TPSA) is 59.1 Å². The zero-order chi connectivity index (χ0) is 16.9. The highest BCUT2D eigenvalue weighted by Gasteiger charge is 2.21. The molecule has 0 aromatic heterocycles. The first-order valence-electron chi connectivity index (χ1n) is 8.54. The normalized spacial score (nSPS) is 17.4. The largest absolute Gasteiger partial charge is 0.486 e. The summed E-state index contributed by atoms with van der Waals surface area (Å²) in [6.07, 6.45) is 3.52. The molecule has 130 valence electrons. The number of ether oxygens (including phenoxy) is 2. The van der Waals surface area contributed by atoms with Crippen molar-refractivity contribution in [3.8, 4) is 11.5 Å². The molecule has 6 heteroatoms. The van der Waals surface area contributed by atoms with Crippen LogP contribution in [0, 0.1) is 0 Å². The molecule has 2 aliphatic heterocycles. The molecule has 1 aromatic carbocycles. The summed E-state index contributed by atoms with van der Waals surface area (Å²) < 4.78 is 11.1. The van der Waals surface area contributed by atoms with Crippen molar-refractivity contribution in [1.29, 1.82) is 0 Å². The number of likely N-dealkylation sites (N-methyl/N-ethyl adjacent to an activating group) is 1. The smallest absolute Gasteiger partial charge is 0.242 e. The molecule has 1 fully saturated rings. The Bertz CT molecular complexity index is 617. The summed E-state index contributed by atoms with van der Waals surface area (Å²) in [5.41, 5.74) is 0.984. The predicted molar refractivity (Wildman–Crippen MR) is 89.0 cm³/mol. The number of nitrogens with zero attached hydrogens (tertiary/aromatic N) is 2. The maximum absolute atomic E-state index is 12.4. The quantitative estimate of drug-likeness (QED) is 0.844. The zero-order valence-corrected chi connectivity index (χ0v) is 14.1. The summed E-state index contributed by atoms with van der Waals surface area (Å²) >= 11 is 0. The van der Waals surface area contributed by atoms with Crippen LogP contribution >= 0.6 is 0 Å². The van der Waals surface area contributed by atoms with E-state index in [9.17, 15) is 9.59 Å². The second-order valence-electron chi connectivity index (χ2n) is 6.35. The van der Waals surface area contributed by atoms with Crippen LogP contribution in [-0.2, 0) is 16.1 Å². The molecule has 0 saturated carbocycles. The first-order valence-corrected chi connectivity index (χ1v) is 8.54. The zero-order valence-electron chi connectivity index (χ0n) is 14.1. The van der Waals surface area contributed by atoms with Gasteiger partial charge in [0.05, 0.1) is 6.54 Å². The van der Waals surface area contributed by atoms with E-state index in [0.717, 1.165) is 36.3 Å². The summed E-state index contributed by atoms with van der Waals surface area (Å²) in [7, 11) is 1.77. The van der Waals surface area contributed by atoms with Gasteiger partial charge in [-0.15, -0.1) is 0 Å². The lowest BCUT2D eigenvalue weighted by Crippen LogP contribution is -2.41. The van der Waals surface area contributed by atoms with Crippen molar-refractivity contribution >= 4 is 11.8 Å². The summed E-state index contributed by atoms with van der Waals surface area (Å²) in [6.45, 7) is 2.44. The number of fused-ring (bicyclic) bond motifs is 1. The monoisotopic (exact) mass is 332 g/mol. The van der Waals surface area contributed by atoms with Gasteiger partial charge < -0.3 is 19.3 Å². The van der Waals surface area contributed by atoms with Gasteiger partial charge in [-0.1, -0.05) is 12.5 Å². The van der Waals surface area contributed by atoms with Crippen LogP contribution in [0.4, 0.5) is 0 Å². The fourth-order valence-corrected chi connectivity index (χ4v) is 3.04. The maximum atomic E-state index is 12.4. The second-order valence-corrected chi connectivity index (χ2v) is 6.35. The van der Waals surface area contributed by atoms with Crippen LogP contribution in [0.1, 0.15) is 31.2 Å². The summed E-state index contributed by atoms with van der Waals surface area (Å²) in [6, 6.07) is 5.73. The summed E-state index contributed by atoms with van der Waals surface area (Å²) in [4.78, 5) is 27.8. The number of rotatable bonds is 4. The Morgan fingerprint density at radius 2 is 1.96 bits per heavy atom. The molecule has 0 spiro atoms. The van der Waals surface area contributed by atoms with Crippen LogP contribution < -0.4 is 9.47 Å². The van der Waals surface area contributed by atoms with Gasteiger partial charge in [0.15, 0.2) is 11.5 Å². The third-order valence-electron chi connectivity index (χ3n) is 4.45. The third-order valence-corrected chi connectivity index (χ3v) is 4.45. The van der Waals surface area contributed by atoms with Gasteiger partial charge in [-0.25, -0.2) is 0 Å². The van der Waals surface area contributed by atoms with Crippen molar-refractivity contribution in [1.82, 2.24) is 9.80 Å². The minimum absolute atomic E-state index is 0.0415. The third kappa shape index (κ3) is 3.99. The Labute approximate surface area is 142 Å². The van der Waals surface area contributed by atoms with Crippen LogP contribution in [0.3, 0.4) is 0 Å². The van der Waals surface area contributed by atoms with Crippen molar-refractivity contribution in [3.05, 3.63) is 23.8 Å². The molecular weight excluding hydrogens is 308 g/mol. The minimum Gasteiger partial charge on any atom is -0.486 e. The van der Waals surface area contributed by atoms with Crippen LogP contribution in [0.25, 0.3) is 0 Å². The molecule has 24 heavy (non-hydrogen) atoms. The summed E-state index contributed by atoms with van der Waals surface area (Å²) in [5, 5.41) is 0. The van der Waals surface area contributed by atoms with E-state index >= 15 is 0 Å². The van der Waals surface area contributed by atoms with E-state index in [4.69, 9.17) is 9.47 Å². The van der Waals surface area contributed by atoms with Crippen LogP contribution in [0.5, 0.6) is 11.5 Å². The fourth-order valence-electron chi connectivity index (χ4n) is 3.04. The Balaban J connectivity index is 1.58. The van der Waals surface area contributed by atoms with E-state index in [0.29, 0.717) is 32.7 Å². The fraction of sp³-hybridized carbons (Fsp3) is 0.556. The maximum Gasteiger partial charge on any atom is 0.242 e. The Kier molecular flexibility index (Phi) is 5.23. The van der Waals surface area contributed by atoms with Gasteiger partial charge >= 0.3 is 0 Å². The van der Waals surface area contributed by atoms with Crippen molar-refractivity contribution in [2.75, 3.05) is 33.4 Å². The van der Waals surface area contributed by atoms with E-state index in [2.05, 4.69) is 0 Å². The van der Waals surface area contributed by atoms with Crippen molar-refractivity contribution in [3.63, 3.8) is 0 Å². The Morgan fingerprint density at radius 1 is 1.17 bits per heavy atom. The van der Waals surface area contributed by atoms with Gasteiger partial charge in [0.1, 0.15) is 13.2 Å². The van der Waals surface area contributed by atoms with Crippen molar-refractivity contribution in [2.24, 2.45) is 0 Å². The lowest BCUT2D eigenvalue weighted by Gasteiger charge is -2.25. The van der Waals surface area contributed by atoms with E-state index in [-0.39, 0.29) is 18.4 Å². The molecule has 1 saturated heterocycles. The molecule has 6 nitrogen and oxygen atoms in total. The molecule has 3 rings (SSSR count). The molecule has 0 unspecified atom stereocenters. The molecule has 0 atom stereocenters. The molecule has 0 radical (unpaired) electrons. The Hall–Kier alpha value is -2.24. The van der Waals surface area contributed by atoms with Crippen LogP contribution in [0.15, 0.2) is 18.2 Å². The molecule has 1 aromatic rings. The van der Waals surface area contributed by atoms with Crippen molar-refractivity contribution < 1.29 is 19.1 Å². The Morgan fingerprint density at radius 3 is 2.79 bits per heavy atom. The number of carbonyl (C=O) groups is 2. The van der Waals surface area contributed by atoms with Gasteiger partial charge in [-0.3, -0.25) is 9.59 Å². The number of carbonyl (C=O) groups excluding carboxylic acids is 2. The number of likely N-dealkylation sites (tertiary alicyclic amines) is 1. The number of benzene rings is 1. The van der Waals surface area contributed by atoms with E-state index in [1.54, 1.807) is 16.8 Å². The highest BCUT2D eigenvalue weighted by atomic mass is 16.6. The molecular formula is C18H24N2O4. The minimum atomic E-state index is -0.0415. The predicted octanol–water partition coefficient (Wildman–Crippen LogP) is 1.82. The highest BCUT2D eigenvalue weighted by molar-refractivity contribution is 5.84. The van der Waals surface area contributed by atoms with Gasteiger partial charge in [0.25, 0.3) is 0 Å². The molecule has 2 amide bonds. The van der Waals surface area contributed by atoms with Gasteiger partial charge in [-0.2, -0.15) is 0 Å². The number of hydrogen-bond acceptors (Lipinski definition) is 4. The molecule has 0 bridgehead atoms. The average molecular weight is 332 g/mol. The SMILES string of the molecule is CN(Cc1ccc2c(c1)OCCO2)C(=O)CN1CCCCCC1=O. The standard InChI is InChI=1S/C18H24N2O4/c1-19(18(22)13-20-8-4-2-3-5-17(20)21)12-14-6-7-15-16(11-14)24-10-9-23-15/h6-7,11H,2-5,8-10,12-13H2,1H3. The van der Waals surface area contributed by atoms with Crippen molar-refractivity contribution in [2.45, 2.75) is 32.2 Å². The summed E-state index contributed by atoms with van der Waals surface area (Å²) in [5.74, 6) is 1.52. The van der Waals surface area contributed by atoms with Crippen LogP contribution in [0.2, 0.25) is 0 Å². The van der Waals surface area contributed by atoms with E-state index in [1.807, 2.05) is 18.2 Å². The lowest BCUT2D eigenvalue weighted by atomic mass is 10.2. The van der Waals surface area contributed by atoms with Gasteiger partial charge in [-0.05, 0) is 30.5 Å². The first kappa shape index (κ1) is 16.6. The number of amides is 2. The van der Waals surface area contributed by atoms with Gasteiger partial charge in [0.2, 0.25) is 11.8 Å². The molecule has 2 aliphatic rings. The van der Waals surface area contributed by atoms with Gasteiger partial charge in [0, 0.05) is 26.6 Å². The molecule has 0 aliphatic carbocycles. The molecule has 2 heterocycles. The van der Waals surface area contributed by atoms with Crippen LogP contribution in [-0.4, -0.2) is 55.0 Å². The first-order chi connectivity index (χ1) is 11.6. The average Bonchev–Trinajstić information content (AvgIpc) is 2.79. The molecule has 0 N–H and O–H groups in total. The highest BCUT2D eigenvalue weighted by Crippen LogP contribution is 2.31. The number of hydrogen-bond donors (Lipinski definition) is 0. The second kappa shape index (κ2) is 7.55. The lowest BCUT2D eigenvalue weighted by molar-refractivity contribution is -0.139.